The Balaban J connectivity index is 1.26. The van der Waals surface area contributed by atoms with Gasteiger partial charge in [-0.2, -0.15) is 5.26 Å². The van der Waals surface area contributed by atoms with Gasteiger partial charge in [-0.05, 0) is 63.1 Å². The van der Waals surface area contributed by atoms with E-state index in [1.54, 1.807) is 0 Å². The predicted octanol–water partition coefficient (Wildman–Crippen LogP) is 9.94. The number of nitriles is 1. The average Bonchev–Trinajstić information content (AvgIpc) is 3.42. The summed E-state index contributed by atoms with van der Waals surface area (Å²) in [6.45, 7) is 5.02. The molecule has 0 radical (unpaired) electrons. The van der Waals surface area contributed by atoms with E-state index in [-0.39, 0.29) is 5.41 Å². The Morgan fingerprint density at radius 1 is 0.688 bits per heavy atom. The number of aliphatic imine (C=N–C) groups is 2. The topological polar surface area (TPSA) is 74.5 Å². The van der Waals surface area contributed by atoms with Gasteiger partial charge < -0.3 is 5.73 Å². The second-order valence-corrected chi connectivity index (χ2v) is 12.4. The maximum absolute atomic E-state index is 9.88. The molecule has 6 aromatic carbocycles. The van der Waals surface area contributed by atoms with E-state index in [0.29, 0.717) is 18.2 Å². The molecule has 232 valence electrons. The van der Waals surface area contributed by atoms with Crippen LogP contribution < -0.4 is 5.73 Å². The van der Waals surface area contributed by atoms with E-state index >= 15 is 0 Å². The molecule has 1 aliphatic rings. The third-order valence-electron chi connectivity index (χ3n) is 9.62. The number of nitrogens with two attached hydrogens (primary N) is 1. The maximum Gasteiger partial charge on any atom is 0.157 e. The Kier molecular flexibility index (Phi) is 8.28. The predicted molar refractivity (Wildman–Crippen MR) is 198 cm³/mol. The van der Waals surface area contributed by atoms with Crippen LogP contribution in [0, 0.1) is 11.3 Å². The molecule has 6 aromatic rings. The van der Waals surface area contributed by atoms with Gasteiger partial charge in [0.15, 0.2) is 5.84 Å². The molecule has 0 aromatic heterocycles. The molecule has 0 aliphatic heterocycles. The van der Waals surface area contributed by atoms with Crippen LogP contribution in [0.4, 0.5) is 0 Å². The Labute approximate surface area is 282 Å². The highest BCUT2D eigenvalue weighted by atomic mass is 15.0. The highest BCUT2D eigenvalue weighted by Gasteiger charge is 2.39. The summed E-state index contributed by atoms with van der Waals surface area (Å²) in [6, 6.07) is 52.2. The number of fused-ring (bicyclic) bond motifs is 3. The van der Waals surface area contributed by atoms with E-state index in [2.05, 4.69) is 92.7 Å². The van der Waals surface area contributed by atoms with Crippen molar-refractivity contribution in [3.05, 3.63) is 179 Å². The summed E-state index contributed by atoms with van der Waals surface area (Å²) in [4.78, 5) is 9.89. The van der Waals surface area contributed by atoms with Gasteiger partial charge in [0.05, 0.1) is 18.2 Å². The molecule has 0 bridgehead atoms. The van der Waals surface area contributed by atoms with E-state index < -0.39 is 0 Å². The van der Waals surface area contributed by atoms with E-state index in [0.717, 1.165) is 56.5 Å². The molecule has 1 atom stereocenters. The van der Waals surface area contributed by atoms with Crippen LogP contribution in [-0.4, -0.2) is 11.7 Å². The van der Waals surface area contributed by atoms with Crippen LogP contribution in [0.1, 0.15) is 53.6 Å². The quantitative estimate of drug-likeness (QED) is 0.142. The molecule has 0 spiro atoms. The van der Waals surface area contributed by atoms with E-state index in [1.807, 2.05) is 72.8 Å². The monoisotopic (exact) mass is 620 g/mol. The van der Waals surface area contributed by atoms with Gasteiger partial charge in [-0.15, -0.1) is 0 Å². The highest BCUT2D eigenvalue weighted by Crippen LogP contribution is 2.52. The summed E-state index contributed by atoms with van der Waals surface area (Å²) in [6.07, 6.45) is 0.951. The van der Waals surface area contributed by atoms with Crippen molar-refractivity contribution in [2.24, 2.45) is 15.7 Å². The molecular weight excluding hydrogens is 585 g/mol. The molecule has 0 fully saturated rings. The van der Waals surface area contributed by atoms with Crippen LogP contribution in [0.25, 0.3) is 33.4 Å². The number of rotatable bonds is 7. The van der Waals surface area contributed by atoms with Crippen LogP contribution in [-0.2, 0) is 12.0 Å². The first-order valence-electron chi connectivity index (χ1n) is 16.4. The standard InChI is InChI=1S/C44H36N4/c1-3-44(2)39-20-12-17-35(28-45)41(39)38-26-25-34(27-40(38)44)31-21-23-32(24-22-31)36-18-10-11-19-37(36)43(47-29-30-13-6-4-7-14-30)48-42(46)33-15-8-5-9-16-33/h4-27H,3,29H2,1-2H3,(H2,46,47,48). The lowest BCUT2D eigenvalue weighted by Gasteiger charge is -2.26. The Morgan fingerprint density at radius 3 is 2.08 bits per heavy atom. The van der Waals surface area contributed by atoms with Crippen molar-refractivity contribution in [2.45, 2.75) is 32.2 Å². The Bertz CT molecular complexity index is 2210. The summed E-state index contributed by atoms with van der Waals surface area (Å²) in [5, 5.41) is 9.88. The fraction of sp³-hybridized carbons (Fsp3) is 0.114. The lowest BCUT2D eigenvalue weighted by atomic mass is 9.77. The van der Waals surface area contributed by atoms with Crippen LogP contribution in [0.3, 0.4) is 0 Å². The number of benzene rings is 6. The highest BCUT2D eigenvalue weighted by molar-refractivity contribution is 6.13. The molecule has 1 unspecified atom stereocenters. The van der Waals surface area contributed by atoms with Gasteiger partial charge in [0, 0.05) is 22.1 Å². The first-order valence-corrected chi connectivity index (χ1v) is 16.4. The van der Waals surface area contributed by atoms with Crippen molar-refractivity contribution >= 4 is 11.7 Å². The molecule has 0 saturated heterocycles. The van der Waals surface area contributed by atoms with Gasteiger partial charge in [0.2, 0.25) is 0 Å². The van der Waals surface area contributed by atoms with Crippen molar-refractivity contribution in [2.75, 3.05) is 0 Å². The van der Waals surface area contributed by atoms with Gasteiger partial charge in [0.25, 0.3) is 0 Å². The van der Waals surface area contributed by atoms with Crippen LogP contribution in [0.2, 0.25) is 0 Å². The number of amidine groups is 2. The zero-order chi connectivity index (χ0) is 33.1. The van der Waals surface area contributed by atoms with Crippen molar-refractivity contribution in [1.82, 2.24) is 0 Å². The van der Waals surface area contributed by atoms with Crippen molar-refractivity contribution < 1.29 is 0 Å². The Hall–Kier alpha value is -6.05. The second-order valence-electron chi connectivity index (χ2n) is 12.4. The minimum absolute atomic E-state index is 0.149. The largest absolute Gasteiger partial charge is 0.383 e. The van der Waals surface area contributed by atoms with Crippen molar-refractivity contribution in [3.8, 4) is 39.4 Å². The summed E-state index contributed by atoms with van der Waals surface area (Å²) >= 11 is 0. The summed E-state index contributed by atoms with van der Waals surface area (Å²) in [5.41, 5.74) is 19.2. The zero-order valence-corrected chi connectivity index (χ0v) is 27.2. The molecule has 4 heteroatoms. The lowest BCUT2D eigenvalue weighted by molar-refractivity contribution is 0.564. The zero-order valence-electron chi connectivity index (χ0n) is 27.2. The van der Waals surface area contributed by atoms with E-state index in [9.17, 15) is 5.26 Å². The van der Waals surface area contributed by atoms with Gasteiger partial charge >= 0.3 is 0 Å². The number of hydrogen-bond acceptors (Lipinski definition) is 2. The first-order chi connectivity index (χ1) is 23.5. The maximum atomic E-state index is 9.88. The van der Waals surface area contributed by atoms with Gasteiger partial charge in [-0.3, -0.25) is 4.99 Å². The minimum Gasteiger partial charge on any atom is -0.383 e. The minimum atomic E-state index is -0.149. The van der Waals surface area contributed by atoms with E-state index in [1.165, 1.54) is 16.7 Å². The molecule has 2 N–H and O–H groups in total. The molecular formula is C44H36N4. The van der Waals surface area contributed by atoms with Crippen LogP contribution in [0.5, 0.6) is 0 Å². The normalized spacial score (nSPS) is 15.4. The van der Waals surface area contributed by atoms with Crippen LogP contribution in [0.15, 0.2) is 156 Å². The fourth-order valence-electron chi connectivity index (χ4n) is 6.81. The lowest BCUT2D eigenvalue weighted by Crippen LogP contribution is -2.19. The SMILES string of the molecule is CCC1(C)c2cc(-c3ccc(-c4ccccc4C(/N=C(\N)c4ccccc4)=N/Cc4ccccc4)cc3)ccc2-c2c(C#N)cccc21. The molecule has 48 heavy (non-hydrogen) atoms. The summed E-state index contributed by atoms with van der Waals surface area (Å²) < 4.78 is 0. The summed E-state index contributed by atoms with van der Waals surface area (Å²) in [5.74, 6) is 1.01. The number of nitrogens with zero attached hydrogens (tertiary/aromatic N) is 3. The number of hydrogen-bond donors (Lipinski definition) is 1. The molecule has 7 rings (SSSR count). The average molecular weight is 621 g/mol. The molecule has 0 saturated carbocycles. The molecule has 4 nitrogen and oxygen atoms in total. The second kappa shape index (κ2) is 13.0. The van der Waals surface area contributed by atoms with Crippen molar-refractivity contribution in [1.29, 1.82) is 5.26 Å². The van der Waals surface area contributed by atoms with Crippen LogP contribution >= 0.6 is 0 Å². The third-order valence-corrected chi connectivity index (χ3v) is 9.62. The van der Waals surface area contributed by atoms with Gasteiger partial charge in [-0.1, -0.05) is 147 Å². The van der Waals surface area contributed by atoms with E-state index in [4.69, 9.17) is 15.7 Å². The van der Waals surface area contributed by atoms with Gasteiger partial charge in [0.1, 0.15) is 5.84 Å². The third kappa shape index (κ3) is 5.61. The van der Waals surface area contributed by atoms with Crippen molar-refractivity contribution in [3.63, 3.8) is 0 Å². The molecule has 0 amide bonds. The van der Waals surface area contributed by atoms with Gasteiger partial charge in [-0.25, -0.2) is 4.99 Å². The first kappa shape index (κ1) is 30.6. The smallest absolute Gasteiger partial charge is 0.157 e. The summed E-state index contributed by atoms with van der Waals surface area (Å²) in [7, 11) is 0. The fourth-order valence-corrected chi connectivity index (χ4v) is 6.81. The molecule has 1 aliphatic carbocycles. The Morgan fingerprint density at radius 2 is 1.35 bits per heavy atom. The molecule has 0 heterocycles.